The molecule has 1 aliphatic rings. The van der Waals surface area contributed by atoms with Gasteiger partial charge in [0.1, 0.15) is 5.82 Å². The van der Waals surface area contributed by atoms with Gasteiger partial charge in [-0.3, -0.25) is 14.6 Å². The molecule has 0 atom stereocenters. The molecule has 0 bridgehead atoms. The first-order valence-electron chi connectivity index (χ1n) is 14.1. The van der Waals surface area contributed by atoms with Crippen LogP contribution in [-0.2, 0) is 16.0 Å². The van der Waals surface area contributed by atoms with Crippen molar-refractivity contribution in [2.75, 3.05) is 50.1 Å². The number of carbonyl (C=O) groups excluding carboxylic acids is 2. The van der Waals surface area contributed by atoms with Crippen molar-refractivity contribution in [3.63, 3.8) is 0 Å². The Kier molecular flexibility index (Phi) is 9.65. The Balaban J connectivity index is 1.38. The molecule has 2 aromatic heterocycles. The first kappa shape index (κ1) is 30.1. The average Bonchev–Trinajstić information content (AvgIpc) is 3.02. The molecule has 12 heteroatoms. The van der Waals surface area contributed by atoms with Crippen molar-refractivity contribution in [1.29, 1.82) is 0 Å². The van der Waals surface area contributed by atoms with E-state index < -0.39 is 17.6 Å². The summed E-state index contributed by atoms with van der Waals surface area (Å²) in [4.78, 5) is 33.1. The van der Waals surface area contributed by atoms with Crippen molar-refractivity contribution < 1.29 is 23.5 Å². The lowest BCUT2D eigenvalue weighted by Crippen LogP contribution is -2.52. The highest BCUT2D eigenvalue weighted by atomic mass is 79.9. The zero-order valence-electron chi connectivity index (χ0n) is 24.0. The lowest BCUT2D eigenvalue weighted by molar-refractivity contribution is -0.143. The number of hydrogen-bond acceptors (Lipinski definition) is 8. The summed E-state index contributed by atoms with van der Waals surface area (Å²) in [5, 5.41) is 13.4. The highest BCUT2D eigenvalue weighted by Crippen LogP contribution is 2.38. The third-order valence-corrected chi connectivity index (χ3v) is 7.73. The van der Waals surface area contributed by atoms with Gasteiger partial charge in [0.15, 0.2) is 17.3 Å². The van der Waals surface area contributed by atoms with Gasteiger partial charge in [-0.15, -0.1) is 5.10 Å². The summed E-state index contributed by atoms with van der Waals surface area (Å²) in [5.74, 6) is -0.346. The van der Waals surface area contributed by atoms with E-state index in [2.05, 4.69) is 43.4 Å². The highest BCUT2D eigenvalue weighted by Gasteiger charge is 2.28. The van der Waals surface area contributed by atoms with E-state index in [-0.39, 0.29) is 18.8 Å². The zero-order chi connectivity index (χ0) is 30.3. The molecule has 0 radical (unpaired) electrons. The molecule has 1 fully saturated rings. The first-order valence-corrected chi connectivity index (χ1v) is 14.9. The van der Waals surface area contributed by atoms with Crippen molar-refractivity contribution in [1.82, 2.24) is 20.1 Å². The van der Waals surface area contributed by atoms with Gasteiger partial charge in [0.2, 0.25) is 0 Å². The topological polar surface area (TPSA) is 110 Å². The molecule has 0 spiro atoms. The van der Waals surface area contributed by atoms with Crippen LogP contribution in [0.5, 0.6) is 11.5 Å². The summed E-state index contributed by atoms with van der Waals surface area (Å²) < 4.78 is 26.5. The van der Waals surface area contributed by atoms with E-state index in [1.807, 2.05) is 29.2 Å². The van der Waals surface area contributed by atoms with Crippen LogP contribution >= 0.6 is 15.9 Å². The first-order chi connectivity index (χ1) is 20.9. The number of anilines is 2. The second-order valence-electron chi connectivity index (χ2n) is 10.1. The van der Waals surface area contributed by atoms with Gasteiger partial charge in [0.25, 0.3) is 0 Å². The van der Waals surface area contributed by atoms with Crippen LogP contribution in [0.1, 0.15) is 31.0 Å². The summed E-state index contributed by atoms with van der Waals surface area (Å²) in [5.41, 5.74) is 1.78. The molecular weight excluding hydrogens is 619 g/mol. The number of carbonyl (C=O) groups is 2. The van der Waals surface area contributed by atoms with Crippen LogP contribution in [0.25, 0.3) is 10.8 Å². The van der Waals surface area contributed by atoms with E-state index >= 15 is 0 Å². The number of piperazine rings is 1. The number of amides is 2. The predicted molar refractivity (Wildman–Crippen MR) is 165 cm³/mol. The fourth-order valence-corrected chi connectivity index (χ4v) is 5.22. The smallest absolute Gasteiger partial charge is 0.313 e. The number of benzene rings is 2. The fraction of sp³-hybridized carbons (Fsp3) is 0.323. The van der Waals surface area contributed by atoms with Crippen molar-refractivity contribution in [2.45, 2.75) is 26.2 Å². The minimum Gasteiger partial charge on any atom is -0.493 e. The summed E-state index contributed by atoms with van der Waals surface area (Å²) in [7, 11) is 1.61. The Morgan fingerprint density at radius 2 is 1.74 bits per heavy atom. The Labute approximate surface area is 257 Å². The maximum Gasteiger partial charge on any atom is 0.313 e. The molecule has 0 saturated carbocycles. The molecule has 1 saturated heterocycles. The van der Waals surface area contributed by atoms with Gasteiger partial charge >= 0.3 is 11.8 Å². The van der Waals surface area contributed by atoms with Gasteiger partial charge in [-0.1, -0.05) is 29.3 Å². The molecule has 5 rings (SSSR count). The van der Waals surface area contributed by atoms with Crippen LogP contribution in [-0.4, -0.2) is 71.8 Å². The van der Waals surface area contributed by atoms with Gasteiger partial charge in [-0.2, -0.15) is 5.10 Å². The second-order valence-corrected chi connectivity index (χ2v) is 11.0. The van der Waals surface area contributed by atoms with Crippen LogP contribution in [0.4, 0.5) is 15.9 Å². The van der Waals surface area contributed by atoms with E-state index in [1.54, 1.807) is 25.6 Å². The standard InChI is InChI=1S/C31H32BrFN6O4/c1-3-4-15-43-28-19-23-22(18-27(28)42-2)26(16-20-7-9-34-10-8-20)36-37-29(23)38-11-13-39(14-12-38)31(41)30(40)35-25-6-5-21(32)17-24(25)33/h5-10,17-19H,3-4,11-16H2,1-2H3,(H,35,40). The molecular formula is C31H32BrFN6O4. The number of halogens is 2. The van der Waals surface area contributed by atoms with E-state index in [9.17, 15) is 14.0 Å². The van der Waals surface area contributed by atoms with Gasteiger partial charge in [-0.05, 0) is 54.4 Å². The lowest BCUT2D eigenvalue weighted by atomic mass is 10.0. The minimum atomic E-state index is -0.888. The lowest BCUT2D eigenvalue weighted by Gasteiger charge is -2.35. The molecule has 43 heavy (non-hydrogen) atoms. The Bertz CT molecular complexity index is 1620. The Hall–Kier alpha value is -4.32. The number of fused-ring (bicyclic) bond motifs is 1. The van der Waals surface area contributed by atoms with Crippen molar-refractivity contribution in [3.05, 3.63) is 76.4 Å². The molecule has 0 aliphatic carbocycles. The monoisotopic (exact) mass is 650 g/mol. The summed E-state index contributed by atoms with van der Waals surface area (Å²) >= 11 is 3.18. The fourth-order valence-electron chi connectivity index (χ4n) is 4.89. The largest absolute Gasteiger partial charge is 0.493 e. The van der Waals surface area contributed by atoms with Crippen molar-refractivity contribution in [2.24, 2.45) is 0 Å². The minimum absolute atomic E-state index is 0.0545. The normalized spacial score (nSPS) is 13.2. The average molecular weight is 652 g/mol. The van der Waals surface area contributed by atoms with Crippen molar-refractivity contribution in [3.8, 4) is 11.5 Å². The third kappa shape index (κ3) is 7.02. The van der Waals surface area contributed by atoms with E-state index in [1.165, 1.54) is 17.0 Å². The molecule has 3 heterocycles. The van der Waals surface area contributed by atoms with Gasteiger partial charge in [0.05, 0.1) is 25.1 Å². The second kappa shape index (κ2) is 13.8. The molecule has 224 valence electrons. The van der Waals surface area contributed by atoms with Crippen LogP contribution < -0.4 is 19.7 Å². The number of unbranched alkanes of at least 4 members (excludes halogenated alkanes) is 1. The number of methoxy groups -OCH3 is 1. The number of nitrogens with zero attached hydrogens (tertiary/aromatic N) is 5. The van der Waals surface area contributed by atoms with Crippen LogP contribution in [0.3, 0.4) is 0 Å². The number of rotatable bonds is 9. The van der Waals surface area contributed by atoms with Gasteiger partial charge in [0, 0.05) is 60.2 Å². The number of ether oxygens (including phenoxy) is 2. The van der Waals surface area contributed by atoms with E-state index in [0.717, 1.165) is 34.9 Å². The Morgan fingerprint density at radius 3 is 2.44 bits per heavy atom. The van der Waals surface area contributed by atoms with Crippen LogP contribution in [0.2, 0.25) is 0 Å². The summed E-state index contributed by atoms with van der Waals surface area (Å²) in [6.45, 7) is 4.09. The maximum absolute atomic E-state index is 14.2. The van der Waals surface area contributed by atoms with Crippen molar-refractivity contribution >= 4 is 50.0 Å². The summed E-state index contributed by atoms with van der Waals surface area (Å²) in [6.07, 6.45) is 5.96. The molecule has 2 aromatic carbocycles. The third-order valence-electron chi connectivity index (χ3n) is 7.24. The molecule has 4 aromatic rings. The van der Waals surface area contributed by atoms with E-state index in [4.69, 9.17) is 9.47 Å². The predicted octanol–water partition coefficient (Wildman–Crippen LogP) is 4.99. The molecule has 1 aliphatic heterocycles. The SMILES string of the molecule is CCCCOc1cc2c(N3CCN(C(=O)C(=O)Nc4ccc(Br)cc4F)CC3)nnc(Cc3ccncc3)c2cc1OC. The Morgan fingerprint density at radius 1 is 1.00 bits per heavy atom. The van der Waals surface area contributed by atoms with E-state index in [0.29, 0.717) is 47.9 Å². The zero-order valence-corrected chi connectivity index (χ0v) is 25.6. The van der Waals surface area contributed by atoms with Crippen LogP contribution in [0.15, 0.2) is 59.3 Å². The van der Waals surface area contributed by atoms with Gasteiger partial charge in [-0.25, -0.2) is 4.39 Å². The number of pyridine rings is 1. The maximum atomic E-state index is 14.2. The quantitative estimate of drug-likeness (QED) is 0.199. The van der Waals surface area contributed by atoms with Crippen LogP contribution in [0, 0.1) is 5.82 Å². The number of hydrogen-bond donors (Lipinski definition) is 1. The number of aromatic nitrogens is 3. The molecule has 0 unspecified atom stereocenters. The summed E-state index contributed by atoms with van der Waals surface area (Å²) in [6, 6.07) is 12.0. The molecule has 10 nitrogen and oxygen atoms in total. The molecule has 2 amide bonds. The molecule has 1 N–H and O–H groups in total. The highest BCUT2D eigenvalue weighted by molar-refractivity contribution is 9.10. The number of nitrogens with one attached hydrogen (secondary N) is 1. The van der Waals surface area contributed by atoms with Gasteiger partial charge < -0.3 is 24.6 Å².